The highest BCUT2D eigenvalue weighted by Crippen LogP contribution is 2.39. The molecule has 3 nitrogen and oxygen atoms in total. The van der Waals surface area contributed by atoms with E-state index in [-0.39, 0.29) is 10.7 Å². The molecule has 92 valence electrons. The number of hydrogen-bond donors (Lipinski definition) is 1. The maximum absolute atomic E-state index is 12.4. The van der Waals surface area contributed by atoms with Gasteiger partial charge >= 0.3 is 0 Å². The Hall–Kier alpha value is -1.16. The second-order valence-corrected chi connectivity index (χ2v) is 6.24. The molecule has 2 rings (SSSR count). The number of hydrogen-bond acceptors (Lipinski definition) is 3. The van der Waals surface area contributed by atoms with Gasteiger partial charge in [0.1, 0.15) is 0 Å². The molecule has 1 atom stereocenters. The van der Waals surface area contributed by atoms with Gasteiger partial charge in [-0.25, -0.2) is 0 Å². The molecule has 0 saturated carbocycles. The van der Waals surface area contributed by atoms with Crippen LogP contribution in [0.2, 0.25) is 0 Å². The van der Waals surface area contributed by atoms with Crippen molar-refractivity contribution < 1.29 is 4.79 Å². The lowest BCUT2D eigenvalue weighted by Crippen LogP contribution is -2.41. The van der Waals surface area contributed by atoms with E-state index in [1.807, 2.05) is 38.2 Å². The number of thioether (sulfide) groups is 1. The zero-order valence-corrected chi connectivity index (χ0v) is 11.1. The fraction of sp³-hybridized carbons (Fsp3) is 0.462. The van der Waals surface area contributed by atoms with Gasteiger partial charge in [-0.15, -0.1) is 11.8 Å². The number of nitrogens with two attached hydrogens (primary N) is 1. The summed E-state index contributed by atoms with van der Waals surface area (Å²) in [5, 5.41) is 0. The van der Waals surface area contributed by atoms with Gasteiger partial charge in [0.05, 0.1) is 4.75 Å². The smallest absolute Gasteiger partial charge is 0.242 e. The van der Waals surface area contributed by atoms with Crippen molar-refractivity contribution in [2.75, 3.05) is 23.4 Å². The summed E-state index contributed by atoms with van der Waals surface area (Å²) in [6, 6.07) is 7.42. The van der Waals surface area contributed by atoms with Crippen LogP contribution in [0.1, 0.15) is 19.8 Å². The van der Waals surface area contributed by atoms with E-state index in [2.05, 4.69) is 0 Å². The molecular weight excluding hydrogens is 232 g/mol. The van der Waals surface area contributed by atoms with Crippen molar-refractivity contribution in [1.82, 2.24) is 0 Å². The average Bonchev–Trinajstić information content (AvgIpc) is 2.76. The van der Waals surface area contributed by atoms with Crippen LogP contribution in [0.3, 0.4) is 0 Å². The van der Waals surface area contributed by atoms with E-state index in [1.165, 1.54) is 0 Å². The summed E-state index contributed by atoms with van der Waals surface area (Å²) in [5.74, 6) is 1.27. The van der Waals surface area contributed by atoms with E-state index < -0.39 is 0 Å². The summed E-state index contributed by atoms with van der Waals surface area (Å²) in [5.41, 5.74) is 7.26. The van der Waals surface area contributed by atoms with Gasteiger partial charge in [-0.05, 0) is 49.8 Å². The molecule has 1 saturated heterocycles. The van der Waals surface area contributed by atoms with Crippen LogP contribution in [0.25, 0.3) is 0 Å². The predicted molar refractivity (Wildman–Crippen MR) is 74.4 cm³/mol. The molecule has 2 N–H and O–H groups in total. The van der Waals surface area contributed by atoms with Gasteiger partial charge in [0.15, 0.2) is 0 Å². The Balaban J connectivity index is 2.17. The Morgan fingerprint density at radius 3 is 2.59 bits per heavy atom. The summed E-state index contributed by atoms with van der Waals surface area (Å²) in [6.45, 7) is 2.04. The second kappa shape index (κ2) is 4.61. The lowest BCUT2D eigenvalue weighted by atomic mass is 10.0. The fourth-order valence-electron chi connectivity index (χ4n) is 2.12. The number of rotatable bonds is 2. The van der Waals surface area contributed by atoms with E-state index in [4.69, 9.17) is 5.73 Å². The molecule has 0 spiro atoms. The van der Waals surface area contributed by atoms with Gasteiger partial charge in [-0.3, -0.25) is 4.79 Å². The summed E-state index contributed by atoms with van der Waals surface area (Å²) < 4.78 is -0.254. The predicted octanol–water partition coefficient (Wildman–Crippen LogP) is 2.52. The normalized spacial score (nSPS) is 23.6. The molecule has 0 bridgehead atoms. The molecule has 1 heterocycles. The van der Waals surface area contributed by atoms with Crippen molar-refractivity contribution in [2.24, 2.45) is 0 Å². The number of nitrogens with zero attached hydrogens (tertiary/aromatic N) is 1. The molecule has 0 aliphatic carbocycles. The Labute approximate surface area is 106 Å². The van der Waals surface area contributed by atoms with E-state index >= 15 is 0 Å². The van der Waals surface area contributed by atoms with Gasteiger partial charge in [0.25, 0.3) is 0 Å². The number of benzene rings is 1. The van der Waals surface area contributed by atoms with Crippen molar-refractivity contribution in [3.63, 3.8) is 0 Å². The number of nitrogen functional groups attached to an aromatic ring is 1. The van der Waals surface area contributed by atoms with Crippen molar-refractivity contribution in [3.8, 4) is 0 Å². The zero-order chi connectivity index (χ0) is 12.5. The SMILES string of the molecule is CN(C(=O)C1(C)CCCS1)c1ccc(N)cc1. The van der Waals surface area contributed by atoms with Gasteiger partial charge < -0.3 is 10.6 Å². The van der Waals surface area contributed by atoms with Gasteiger partial charge in [0.2, 0.25) is 5.91 Å². The third-order valence-corrected chi connectivity index (χ3v) is 4.76. The number of amides is 1. The van der Waals surface area contributed by atoms with Gasteiger partial charge in [0, 0.05) is 18.4 Å². The molecule has 4 heteroatoms. The molecule has 1 aromatic rings. The summed E-state index contributed by atoms with van der Waals surface area (Å²) >= 11 is 1.76. The minimum absolute atomic E-state index is 0.185. The summed E-state index contributed by atoms with van der Waals surface area (Å²) in [6.07, 6.45) is 2.10. The Morgan fingerprint density at radius 1 is 1.41 bits per heavy atom. The van der Waals surface area contributed by atoms with Crippen molar-refractivity contribution >= 4 is 29.0 Å². The quantitative estimate of drug-likeness (QED) is 0.820. The molecule has 0 aromatic heterocycles. The largest absolute Gasteiger partial charge is 0.399 e. The molecule has 17 heavy (non-hydrogen) atoms. The molecule has 1 amide bonds. The highest BCUT2D eigenvalue weighted by Gasteiger charge is 2.39. The lowest BCUT2D eigenvalue weighted by molar-refractivity contribution is -0.120. The summed E-state index contributed by atoms with van der Waals surface area (Å²) in [4.78, 5) is 14.2. The van der Waals surface area contributed by atoms with Crippen LogP contribution in [-0.4, -0.2) is 23.5 Å². The van der Waals surface area contributed by atoms with Crippen LogP contribution in [0.4, 0.5) is 11.4 Å². The third kappa shape index (κ3) is 2.41. The number of carbonyl (C=O) groups is 1. The van der Waals surface area contributed by atoms with Crippen molar-refractivity contribution in [1.29, 1.82) is 0 Å². The average molecular weight is 250 g/mol. The standard InChI is InChI=1S/C13H18N2OS/c1-13(8-3-9-17-13)12(16)15(2)11-6-4-10(14)5-7-11/h4-7H,3,8-9,14H2,1-2H3. The molecule has 1 unspecified atom stereocenters. The van der Waals surface area contributed by atoms with Crippen LogP contribution in [0.5, 0.6) is 0 Å². The Bertz CT molecular complexity index is 410. The maximum Gasteiger partial charge on any atom is 0.242 e. The molecule has 1 aromatic carbocycles. The van der Waals surface area contributed by atoms with Crippen molar-refractivity contribution in [3.05, 3.63) is 24.3 Å². The first-order valence-corrected chi connectivity index (χ1v) is 6.79. The number of carbonyl (C=O) groups excluding carboxylic acids is 1. The molecular formula is C13H18N2OS. The van der Waals surface area contributed by atoms with Crippen LogP contribution < -0.4 is 10.6 Å². The molecule has 1 aliphatic heterocycles. The van der Waals surface area contributed by atoms with E-state index in [0.29, 0.717) is 0 Å². The highest BCUT2D eigenvalue weighted by atomic mass is 32.2. The fourth-order valence-corrected chi connectivity index (χ4v) is 3.41. The molecule has 1 fully saturated rings. The van der Waals surface area contributed by atoms with Crippen molar-refractivity contribution in [2.45, 2.75) is 24.5 Å². The second-order valence-electron chi connectivity index (χ2n) is 4.64. The monoisotopic (exact) mass is 250 g/mol. The topological polar surface area (TPSA) is 46.3 Å². The van der Waals surface area contributed by atoms with E-state index in [0.717, 1.165) is 30.0 Å². The lowest BCUT2D eigenvalue weighted by Gasteiger charge is -2.28. The van der Waals surface area contributed by atoms with Crippen LogP contribution in [0, 0.1) is 0 Å². The Morgan fingerprint density at radius 2 is 2.06 bits per heavy atom. The first-order chi connectivity index (χ1) is 8.03. The highest BCUT2D eigenvalue weighted by molar-refractivity contribution is 8.01. The molecule has 1 aliphatic rings. The number of anilines is 2. The first-order valence-electron chi connectivity index (χ1n) is 5.80. The Kier molecular flexibility index (Phi) is 3.33. The van der Waals surface area contributed by atoms with Gasteiger partial charge in [-0.1, -0.05) is 0 Å². The minimum atomic E-state index is -0.254. The maximum atomic E-state index is 12.4. The van der Waals surface area contributed by atoms with Crippen LogP contribution in [0.15, 0.2) is 24.3 Å². The van der Waals surface area contributed by atoms with Crippen LogP contribution >= 0.6 is 11.8 Å². The van der Waals surface area contributed by atoms with Gasteiger partial charge in [-0.2, -0.15) is 0 Å². The molecule has 0 radical (unpaired) electrons. The van der Waals surface area contributed by atoms with Crippen LogP contribution in [-0.2, 0) is 4.79 Å². The van der Waals surface area contributed by atoms with E-state index in [1.54, 1.807) is 16.7 Å². The zero-order valence-electron chi connectivity index (χ0n) is 10.3. The minimum Gasteiger partial charge on any atom is -0.399 e. The third-order valence-electron chi connectivity index (χ3n) is 3.26. The summed E-state index contributed by atoms with van der Waals surface area (Å²) in [7, 11) is 1.83. The van der Waals surface area contributed by atoms with E-state index in [9.17, 15) is 4.79 Å². The first kappa shape index (κ1) is 12.3.